The van der Waals surface area contributed by atoms with Gasteiger partial charge in [0.1, 0.15) is 0 Å². The van der Waals surface area contributed by atoms with E-state index in [0.717, 1.165) is 23.2 Å². The molecule has 4 rings (SSSR count). The van der Waals surface area contributed by atoms with Gasteiger partial charge < -0.3 is 0 Å². The molecule has 0 aromatic heterocycles. The molecule has 2 bridgehead atoms. The van der Waals surface area contributed by atoms with E-state index < -0.39 is 0 Å². The molecular weight excluding hydrogens is 410 g/mol. The zero-order valence-electron chi connectivity index (χ0n) is 12.4. The van der Waals surface area contributed by atoms with Crippen LogP contribution < -0.4 is 4.90 Å². The Hall–Kier alpha value is -0.680. The van der Waals surface area contributed by atoms with Crippen LogP contribution in [0.3, 0.4) is 0 Å². The summed E-state index contributed by atoms with van der Waals surface area (Å²) in [6.07, 6.45) is 0.972. The fourth-order valence-corrected chi connectivity index (χ4v) is 6.42. The van der Waals surface area contributed by atoms with E-state index in [-0.39, 0.29) is 45.1 Å². The number of halogens is 2. The Morgan fingerprint density at radius 3 is 2.09 bits per heavy atom. The average Bonchev–Trinajstić information content (AvgIpc) is 3.07. The van der Waals surface area contributed by atoms with Gasteiger partial charge in [-0.15, -0.1) is 0 Å². The minimum Gasteiger partial charge on any atom is -0.274 e. The lowest BCUT2D eigenvalue weighted by atomic mass is 9.81. The summed E-state index contributed by atoms with van der Waals surface area (Å²) in [6, 6.07) is 5.94. The predicted molar refractivity (Wildman–Crippen MR) is 92.4 cm³/mol. The molecule has 2 aliphatic carbocycles. The van der Waals surface area contributed by atoms with Gasteiger partial charge >= 0.3 is 0 Å². The number of imide groups is 1. The van der Waals surface area contributed by atoms with Crippen LogP contribution in [0, 0.1) is 37.5 Å². The molecule has 2 amide bonds. The van der Waals surface area contributed by atoms with Crippen LogP contribution in [0.1, 0.15) is 17.5 Å². The fourth-order valence-electron chi connectivity index (χ4n) is 4.55. The van der Waals surface area contributed by atoms with Crippen molar-refractivity contribution in [3.63, 3.8) is 0 Å². The first-order valence-electron chi connectivity index (χ1n) is 7.65. The molecule has 0 unspecified atom stereocenters. The van der Waals surface area contributed by atoms with Crippen LogP contribution in [-0.2, 0) is 9.59 Å². The van der Waals surface area contributed by atoms with Crippen molar-refractivity contribution < 1.29 is 9.59 Å². The van der Waals surface area contributed by atoms with E-state index in [1.165, 1.54) is 4.90 Å². The third-order valence-electron chi connectivity index (χ3n) is 5.59. The van der Waals surface area contributed by atoms with Crippen LogP contribution in [0.2, 0.25) is 0 Å². The summed E-state index contributed by atoms with van der Waals surface area (Å²) in [6.45, 7) is 3.94. The molecule has 3 aliphatic rings. The number of carbonyl (C=O) groups excluding carboxylic acids is 2. The van der Waals surface area contributed by atoms with Crippen molar-refractivity contribution in [2.45, 2.75) is 29.9 Å². The predicted octanol–water partition coefficient (Wildman–Crippen LogP) is 3.59. The van der Waals surface area contributed by atoms with Crippen molar-refractivity contribution in [3.8, 4) is 0 Å². The van der Waals surface area contributed by atoms with Gasteiger partial charge in [-0.25, -0.2) is 4.90 Å². The first-order valence-corrected chi connectivity index (χ1v) is 9.48. The highest BCUT2D eigenvalue weighted by molar-refractivity contribution is 9.12. The van der Waals surface area contributed by atoms with Gasteiger partial charge in [-0.05, 0) is 49.3 Å². The Balaban J connectivity index is 1.77. The highest BCUT2D eigenvalue weighted by atomic mass is 79.9. The average molecular weight is 427 g/mol. The van der Waals surface area contributed by atoms with Gasteiger partial charge in [0, 0.05) is 9.65 Å². The second-order valence-corrected chi connectivity index (χ2v) is 8.92. The van der Waals surface area contributed by atoms with Crippen LogP contribution in [-0.4, -0.2) is 21.5 Å². The zero-order valence-corrected chi connectivity index (χ0v) is 15.6. The Morgan fingerprint density at radius 2 is 1.55 bits per heavy atom. The summed E-state index contributed by atoms with van der Waals surface area (Å²) < 4.78 is 0. The minimum atomic E-state index is -0.143. The monoisotopic (exact) mass is 425 g/mol. The molecule has 1 aromatic rings. The third kappa shape index (κ3) is 1.78. The number of rotatable bonds is 1. The number of fused-ring (bicyclic) bond motifs is 5. The summed E-state index contributed by atoms with van der Waals surface area (Å²) in [7, 11) is 0. The van der Waals surface area contributed by atoms with Gasteiger partial charge in [-0.2, -0.15) is 0 Å². The molecule has 1 heterocycles. The van der Waals surface area contributed by atoms with Gasteiger partial charge in [0.25, 0.3) is 0 Å². The number of carbonyl (C=O) groups is 2. The van der Waals surface area contributed by atoms with Crippen LogP contribution in [0.25, 0.3) is 0 Å². The summed E-state index contributed by atoms with van der Waals surface area (Å²) in [5.41, 5.74) is 2.81. The van der Waals surface area contributed by atoms with Crippen molar-refractivity contribution in [1.82, 2.24) is 0 Å². The number of aryl methyl sites for hydroxylation is 2. The van der Waals surface area contributed by atoms with Crippen LogP contribution in [0.15, 0.2) is 18.2 Å². The number of hydrogen-bond acceptors (Lipinski definition) is 2. The van der Waals surface area contributed by atoms with Crippen molar-refractivity contribution in [3.05, 3.63) is 29.3 Å². The Morgan fingerprint density at radius 1 is 1.00 bits per heavy atom. The number of nitrogens with zero attached hydrogens (tertiary/aromatic N) is 1. The Kier molecular flexibility index (Phi) is 3.32. The van der Waals surface area contributed by atoms with E-state index in [2.05, 4.69) is 31.9 Å². The maximum absolute atomic E-state index is 13.0. The van der Waals surface area contributed by atoms with E-state index in [0.29, 0.717) is 0 Å². The van der Waals surface area contributed by atoms with Crippen molar-refractivity contribution >= 4 is 49.4 Å². The molecule has 1 aromatic carbocycles. The van der Waals surface area contributed by atoms with Gasteiger partial charge in [0.05, 0.1) is 17.5 Å². The molecule has 6 atom stereocenters. The number of hydrogen-bond donors (Lipinski definition) is 0. The second kappa shape index (κ2) is 4.91. The normalized spacial score (nSPS) is 39.7. The second-order valence-electron chi connectivity index (χ2n) is 6.81. The number of alkyl halides is 2. The molecule has 22 heavy (non-hydrogen) atoms. The number of anilines is 1. The van der Waals surface area contributed by atoms with E-state index >= 15 is 0 Å². The smallest absolute Gasteiger partial charge is 0.238 e. The van der Waals surface area contributed by atoms with E-state index in [9.17, 15) is 9.59 Å². The highest BCUT2D eigenvalue weighted by Gasteiger charge is 2.66. The van der Waals surface area contributed by atoms with E-state index in [4.69, 9.17) is 0 Å². The lowest BCUT2D eigenvalue weighted by molar-refractivity contribution is -0.123. The fraction of sp³-hybridized carbons (Fsp3) is 0.529. The highest BCUT2D eigenvalue weighted by Crippen LogP contribution is 2.60. The number of benzene rings is 1. The van der Waals surface area contributed by atoms with Crippen LogP contribution in [0.4, 0.5) is 5.69 Å². The van der Waals surface area contributed by atoms with Crippen molar-refractivity contribution in [2.24, 2.45) is 23.7 Å². The molecule has 1 aliphatic heterocycles. The SMILES string of the molecule is Cc1ccc(C)c(N2C(=O)[C@@H]3[C@H]4C[C@@H]([C@@H](Br)[C@H]4Br)[C@H]3C2=O)c1. The summed E-state index contributed by atoms with van der Waals surface area (Å²) in [4.78, 5) is 28.0. The van der Waals surface area contributed by atoms with Crippen LogP contribution >= 0.6 is 31.9 Å². The lowest BCUT2D eigenvalue weighted by Crippen LogP contribution is -2.37. The molecule has 5 heteroatoms. The molecular formula is C17H17Br2NO2. The first-order chi connectivity index (χ1) is 10.4. The van der Waals surface area contributed by atoms with Gasteiger partial charge in [0.15, 0.2) is 0 Å². The molecule has 1 saturated heterocycles. The summed E-state index contributed by atoms with van der Waals surface area (Å²) >= 11 is 7.44. The maximum atomic E-state index is 13.0. The molecule has 3 nitrogen and oxygen atoms in total. The molecule has 0 N–H and O–H groups in total. The van der Waals surface area contributed by atoms with E-state index in [1.54, 1.807) is 0 Å². The summed E-state index contributed by atoms with van der Waals surface area (Å²) in [5.74, 6) is 0.253. The Bertz CT molecular complexity index is 657. The van der Waals surface area contributed by atoms with Gasteiger partial charge in [-0.1, -0.05) is 44.0 Å². The third-order valence-corrected chi connectivity index (χ3v) is 8.80. The maximum Gasteiger partial charge on any atom is 0.238 e. The molecule has 3 fully saturated rings. The summed E-state index contributed by atoms with van der Waals surface area (Å²) in [5, 5.41) is 0. The molecule has 2 saturated carbocycles. The molecule has 0 spiro atoms. The largest absolute Gasteiger partial charge is 0.274 e. The van der Waals surface area contributed by atoms with Crippen LogP contribution in [0.5, 0.6) is 0 Å². The van der Waals surface area contributed by atoms with Crippen molar-refractivity contribution in [2.75, 3.05) is 4.90 Å². The quantitative estimate of drug-likeness (QED) is 0.508. The van der Waals surface area contributed by atoms with Gasteiger partial charge in [0.2, 0.25) is 11.8 Å². The van der Waals surface area contributed by atoms with E-state index in [1.807, 2.05) is 32.0 Å². The standard InChI is InChI=1S/C17H17Br2NO2/c1-7-3-4-8(2)11(5-7)20-16(21)12-9-6-10(13(12)17(20)22)15(19)14(9)18/h3-5,9-10,12-15H,6H2,1-2H3/t9-,10-,12-,13-,14-,15+/m1/s1. The topological polar surface area (TPSA) is 37.4 Å². The first kappa shape index (κ1) is 14.9. The van der Waals surface area contributed by atoms with Crippen molar-refractivity contribution in [1.29, 1.82) is 0 Å². The Labute approximate surface area is 146 Å². The molecule has 116 valence electrons. The minimum absolute atomic E-state index is 0.0000463. The molecule has 0 radical (unpaired) electrons. The van der Waals surface area contributed by atoms with Gasteiger partial charge in [-0.3, -0.25) is 9.59 Å². The number of amides is 2. The lowest BCUT2D eigenvalue weighted by Gasteiger charge is -2.28. The zero-order chi connectivity index (χ0) is 15.8.